The number of nitrogens with zero attached hydrogens (tertiary/aromatic N) is 3. The average Bonchev–Trinajstić information content (AvgIpc) is 3.90. The SMILES string of the molecule is CCc1sc[n+](-c2c(-c3ccc4c(c3)c3ccccc3n4-c3ccccc3)cccc2-c2ccc3c(c2)c2ccccc2n3-c2ccccc2)c1CC.[Cl-]. The number of para-hydroxylation sites is 5. The van der Waals surface area contributed by atoms with Gasteiger partial charge in [0.2, 0.25) is 16.9 Å². The molecule has 7 aromatic carbocycles. The minimum atomic E-state index is 0. The molecule has 0 unspecified atom stereocenters. The molecule has 3 nitrogen and oxygen atoms in total. The molecule has 0 N–H and O–H groups in total. The van der Waals surface area contributed by atoms with E-state index in [0.717, 1.165) is 12.8 Å². The van der Waals surface area contributed by atoms with E-state index in [0.29, 0.717) is 0 Å². The molecular weight excluding hydrogens is 698 g/mol. The van der Waals surface area contributed by atoms with Crippen LogP contribution >= 0.6 is 11.3 Å². The molecule has 0 fully saturated rings. The summed E-state index contributed by atoms with van der Waals surface area (Å²) in [5, 5.41) is 5.04. The van der Waals surface area contributed by atoms with Crippen LogP contribution in [-0.4, -0.2) is 9.13 Å². The van der Waals surface area contributed by atoms with Crippen molar-refractivity contribution >= 4 is 54.9 Å². The van der Waals surface area contributed by atoms with Crippen molar-refractivity contribution in [3.05, 3.63) is 180 Å². The van der Waals surface area contributed by atoms with Crippen LogP contribution in [0.15, 0.2) is 169 Å². The highest BCUT2D eigenvalue weighted by Crippen LogP contribution is 2.41. The molecule has 54 heavy (non-hydrogen) atoms. The Morgan fingerprint density at radius 3 is 1.41 bits per heavy atom. The van der Waals surface area contributed by atoms with Gasteiger partial charge >= 0.3 is 0 Å². The molecule has 0 aliphatic rings. The maximum absolute atomic E-state index is 2.49. The summed E-state index contributed by atoms with van der Waals surface area (Å²) in [7, 11) is 0. The zero-order valence-electron chi connectivity index (χ0n) is 30.2. The fourth-order valence-electron chi connectivity index (χ4n) is 8.49. The number of benzene rings is 7. The Labute approximate surface area is 325 Å². The second-order valence-corrected chi connectivity index (χ2v) is 14.7. The molecule has 0 atom stereocenters. The largest absolute Gasteiger partial charge is 1.00 e. The predicted octanol–water partition coefficient (Wildman–Crippen LogP) is 9.68. The minimum absolute atomic E-state index is 0. The number of thiazole rings is 1. The maximum Gasteiger partial charge on any atom is 0.231 e. The van der Waals surface area contributed by atoms with Crippen molar-refractivity contribution in [2.45, 2.75) is 26.7 Å². The third-order valence-electron chi connectivity index (χ3n) is 10.8. The van der Waals surface area contributed by atoms with Gasteiger partial charge in [0, 0.05) is 39.3 Å². The third-order valence-corrected chi connectivity index (χ3v) is 12.0. The summed E-state index contributed by atoms with van der Waals surface area (Å²) in [4.78, 5) is 1.44. The first-order valence-electron chi connectivity index (χ1n) is 18.6. The molecule has 262 valence electrons. The molecule has 10 rings (SSSR count). The second-order valence-electron chi connectivity index (χ2n) is 13.7. The van der Waals surface area contributed by atoms with Crippen LogP contribution in [0.5, 0.6) is 0 Å². The number of rotatable bonds is 7. The monoisotopic (exact) mass is 735 g/mol. The van der Waals surface area contributed by atoms with Crippen molar-refractivity contribution in [2.24, 2.45) is 0 Å². The lowest BCUT2D eigenvalue weighted by molar-refractivity contribution is -0.597. The minimum Gasteiger partial charge on any atom is -1.00 e. The molecule has 0 amide bonds. The van der Waals surface area contributed by atoms with E-state index in [1.54, 1.807) is 0 Å². The van der Waals surface area contributed by atoms with Crippen LogP contribution in [0.3, 0.4) is 0 Å². The van der Waals surface area contributed by atoms with Crippen LogP contribution in [0.4, 0.5) is 0 Å². The van der Waals surface area contributed by atoms with Gasteiger partial charge in [-0.2, -0.15) is 4.57 Å². The smallest absolute Gasteiger partial charge is 0.231 e. The number of fused-ring (bicyclic) bond motifs is 6. The van der Waals surface area contributed by atoms with E-state index in [9.17, 15) is 0 Å². The normalized spacial score (nSPS) is 11.5. The summed E-state index contributed by atoms with van der Waals surface area (Å²) in [5.74, 6) is 0. The van der Waals surface area contributed by atoms with Gasteiger partial charge in [-0.05, 0) is 90.3 Å². The van der Waals surface area contributed by atoms with Gasteiger partial charge in [0.1, 0.15) is 0 Å². The molecule has 0 aliphatic heterocycles. The highest BCUT2D eigenvalue weighted by molar-refractivity contribution is 7.09. The molecule has 3 aromatic heterocycles. The summed E-state index contributed by atoms with van der Waals surface area (Å²) in [6.07, 6.45) is 1.99. The van der Waals surface area contributed by atoms with E-state index >= 15 is 0 Å². The molecule has 5 heteroatoms. The topological polar surface area (TPSA) is 13.7 Å². The van der Waals surface area contributed by atoms with Crippen molar-refractivity contribution in [2.75, 3.05) is 0 Å². The van der Waals surface area contributed by atoms with Crippen molar-refractivity contribution in [3.8, 4) is 39.3 Å². The van der Waals surface area contributed by atoms with Crippen LogP contribution < -0.4 is 17.0 Å². The summed E-state index contributed by atoms with van der Waals surface area (Å²) in [6, 6.07) is 60.0. The molecular formula is C49H38ClN3S. The number of aromatic nitrogens is 3. The predicted molar refractivity (Wildman–Crippen MR) is 224 cm³/mol. The van der Waals surface area contributed by atoms with Gasteiger partial charge in [0.15, 0.2) is 0 Å². The molecule has 0 spiro atoms. The van der Waals surface area contributed by atoms with Crippen LogP contribution in [0.2, 0.25) is 0 Å². The van der Waals surface area contributed by atoms with Gasteiger partial charge in [-0.15, -0.1) is 0 Å². The summed E-state index contributed by atoms with van der Waals surface area (Å²) >= 11 is 1.87. The van der Waals surface area contributed by atoms with Crippen molar-refractivity contribution in [1.82, 2.24) is 9.13 Å². The first-order chi connectivity index (χ1) is 26.2. The highest BCUT2D eigenvalue weighted by Gasteiger charge is 2.28. The molecule has 0 saturated heterocycles. The van der Waals surface area contributed by atoms with Crippen LogP contribution in [0.1, 0.15) is 24.4 Å². The lowest BCUT2D eigenvalue weighted by Gasteiger charge is -2.13. The first-order valence-corrected chi connectivity index (χ1v) is 19.4. The average molecular weight is 736 g/mol. The zero-order valence-corrected chi connectivity index (χ0v) is 31.8. The van der Waals surface area contributed by atoms with Gasteiger partial charge in [-0.25, -0.2) is 0 Å². The summed E-state index contributed by atoms with van der Waals surface area (Å²) in [5.41, 5.74) is 17.0. The first kappa shape index (κ1) is 33.9. The second kappa shape index (κ2) is 13.8. The van der Waals surface area contributed by atoms with E-state index in [1.165, 1.54) is 93.5 Å². The Balaban J connectivity index is 0.00000384. The van der Waals surface area contributed by atoms with E-state index in [2.05, 4.69) is 197 Å². The Bertz CT molecular complexity index is 2800. The van der Waals surface area contributed by atoms with Crippen molar-refractivity contribution in [1.29, 1.82) is 0 Å². The number of hydrogen-bond donors (Lipinski definition) is 0. The van der Waals surface area contributed by atoms with Crippen LogP contribution in [0.25, 0.3) is 82.9 Å². The Hall–Kier alpha value is -5.94. The quantitative estimate of drug-likeness (QED) is 0.145. The fraction of sp³-hybridized carbons (Fsp3) is 0.0816. The summed E-state index contributed by atoms with van der Waals surface area (Å²) in [6.45, 7) is 4.56. The third kappa shape index (κ3) is 5.28. The molecule has 0 bridgehead atoms. The lowest BCUT2D eigenvalue weighted by atomic mass is 9.93. The zero-order chi connectivity index (χ0) is 35.5. The van der Waals surface area contributed by atoms with E-state index in [4.69, 9.17) is 0 Å². The molecule has 10 aromatic rings. The van der Waals surface area contributed by atoms with Gasteiger partial charge in [-0.1, -0.05) is 116 Å². The van der Waals surface area contributed by atoms with Crippen LogP contribution in [-0.2, 0) is 12.8 Å². The van der Waals surface area contributed by atoms with Crippen molar-refractivity contribution in [3.63, 3.8) is 0 Å². The van der Waals surface area contributed by atoms with E-state index in [-0.39, 0.29) is 12.4 Å². The Kier molecular flexibility index (Phi) is 8.65. The van der Waals surface area contributed by atoms with Gasteiger partial charge in [0.05, 0.1) is 38.1 Å². The lowest BCUT2D eigenvalue weighted by Crippen LogP contribution is -3.00. The van der Waals surface area contributed by atoms with E-state index in [1.807, 2.05) is 11.3 Å². The number of halogens is 1. The molecule has 0 aliphatic carbocycles. The van der Waals surface area contributed by atoms with Crippen molar-refractivity contribution < 1.29 is 17.0 Å². The highest BCUT2D eigenvalue weighted by atomic mass is 35.5. The Morgan fingerprint density at radius 1 is 0.463 bits per heavy atom. The van der Waals surface area contributed by atoms with Gasteiger partial charge < -0.3 is 21.5 Å². The molecule has 0 saturated carbocycles. The fourth-order valence-corrected chi connectivity index (χ4v) is 9.50. The number of hydrogen-bond acceptors (Lipinski definition) is 1. The number of aryl methyl sites for hydroxylation is 1. The van der Waals surface area contributed by atoms with Gasteiger partial charge in [-0.3, -0.25) is 0 Å². The standard InChI is InChI=1S/C49H38N3S.ClH/c1-3-43-48(4-2)53-32-50(43)49-37(33-26-28-46-41(30-33)39-20-11-13-24-44(39)51(46)35-16-7-5-8-17-35)22-15-23-38(49)34-27-29-47-42(31-34)40-21-12-14-25-45(40)52(47)36-18-9-6-10-19-36;/h5-32H,3-4H2,1-2H3;1H/q+1;/p-1. The molecule has 0 radical (unpaired) electrons. The van der Waals surface area contributed by atoms with E-state index < -0.39 is 0 Å². The Morgan fingerprint density at radius 2 is 0.926 bits per heavy atom. The van der Waals surface area contributed by atoms with Crippen LogP contribution in [0, 0.1) is 0 Å². The van der Waals surface area contributed by atoms with Gasteiger partial charge in [0.25, 0.3) is 0 Å². The summed E-state index contributed by atoms with van der Waals surface area (Å²) < 4.78 is 7.27. The molecule has 3 heterocycles. The maximum atomic E-state index is 2.49.